The summed E-state index contributed by atoms with van der Waals surface area (Å²) in [7, 11) is 0. The van der Waals surface area contributed by atoms with Gasteiger partial charge in [0.25, 0.3) is 0 Å². The molecule has 1 aliphatic heterocycles. The SMILES string of the molecule is CCn1c(O)c(C=C2C=Nc3ncccc32)oc1=O. The number of fused-ring (bicyclic) bond motifs is 1. The zero-order chi connectivity index (χ0) is 13.4. The molecule has 6 heteroatoms. The van der Waals surface area contributed by atoms with E-state index in [-0.39, 0.29) is 11.6 Å². The Hall–Kier alpha value is -2.63. The maximum absolute atomic E-state index is 11.5. The van der Waals surface area contributed by atoms with Gasteiger partial charge in [-0.1, -0.05) is 0 Å². The fourth-order valence-electron chi connectivity index (χ4n) is 1.97. The molecule has 0 radical (unpaired) electrons. The second kappa shape index (κ2) is 4.24. The topological polar surface area (TPSA) is 80.6 Å². The van der Waals surface area contributed by atoms with Gasteiger partial charge in [0.2, 0.25) is 5.88 Å². The summed E-state index contributed by atoms with van der Waals surface area (Å²) in [5.41, 5.74) is 1.59. The van der Waals surface area contributed by atoms with Crippen molar-refractivity contribution in [2.75, 3.05) is 0 Å². The van der Waals surface area contributed by atoms with Crippen LogP contribution in [0.3, 0.4) is 0 Å². The largest absolute Gasteiger partial charge is 0.492 e. The molecule has 0 aromatic carbocycles. The second-order valence-electron chi connectivity index (χ2n) is 4.03. The normalized spacial score (nSPS) is 15.1. The molecule has 2 aromatic rings. The Morgan fingerprint density at radius 2 is 2.37 bits per heavy atom. The van der Waals surface area contributed by atoms with Crippen molar-refractivity contribution in [3.8, 4) is 5.88 Å². The molecule has 0 aliphatic carbocycles. The second-order valence-corrected chi connectivity index (χ2v) is 4.03. The predicted octanol–water partition coefficient (Wildman–Crippen LogP) is 1.82. The minimum absolute atomic E-state index is 0.130. The maximum Gasteiger partial charge on any atom is 0.422 e. The first-order chi connectivity index (χ1) is 9.20. The Kier molecular flexibility index (Phi) is 2.56. The molecule has 96 valence electrons. The lowest BCUT2D eigenvalue weighted by Crippen LogP contribution is -2.11. The third-order valence-corrected chi connectivity index (χ3v) is 2.92. The average Bonchev–Trinajstić information content (AvgIpc) is 2.93. The smallest absolute Gasteiger partial charge is 0.422 e. The third kappa shape index (κ3) is 1.77. The molecule has 3 heterocycles. The number of aromatic nitrogens is 2. The summed E-state index contributed by atoms with van der Waals surface area (Å²) in [4.78, 5) is 19.7. The summed E-state index contributed by atoms with van der Waals surface area (Å²) >= 11 is 0. The van der Waals surface area contributed by atoms with E-state index in [4.69, 9.17) is 4.42 Å². The monoisotopic (exact) mass is 257 g/mol. The van der Waals surface area contributed by atoms with E-state index in [9.17, 15) is 9.90 Å². The molecule has 0 fully saturated rings. The molecule has 0 amide bonds. The quantitative estimate of drug-likeness (QED) is 0.889. The summed E-state index contributed by atoms with van der Waals surface area (Å²) in [5, 5.41) is 9.88. The summed E-state index contributed by atoms with van der Waals surface area (Å²) < 4.78 is 6.17. The van der Waals surface area contributed by atoms with Crippen LogP contribution in [0.5, 0.6) is 5.88 Å². The van der Waals surface area contributed by atoms with Crippen LogP contribution in [0.1, 0.15) is 18.2 Å². The average molecular weight is 257 g/mol. The van der Waals surface area contributed by atoms with Crippen molar-refractivity contribution in [3.63, 3.8) is 0 Å². The standard InChI is InChI=1S/C13H11N3O3/c1-2-16-12(17)10(19-13(16)18)6-8-7-15-11-9(8)4-3-5-14-11/h3-7,17H,2H2,1H3. The Morgan fingerprint density at radius 1 is 1.53 bits per heavy atom. The number of hydrogen-bond donors (Lipinski definition) is 1. The van der Waals surface area contributed by atoms with E-state index in [1.807, 2.05) is 6.07 Å². The fraction of sp³-hybridized carbons (Fsp3) is 0.154. The Bertz CT molecular complexity index is 753. The van der Waals surface area contributed by atoms with Gasteiger partial charge in [0.1, 0.15) is 0 Å². The van der Waals surface area contributed by atoms with Crippen LogP contribution in [0.2, 0.25) is 0 Å². The lowest BCUT2D eigenvalue weighted by molar-refractivity contribution is 0.417. The van der Waals surface area contributed by atoms with Gasteiger partial charge in [-0.3, -0.25) is 0 Å². The Labute approximate surface area is 108 Å². The van der Waals surface area contributed by atoms with E-state index in [1.54, 1.807) is 31.5 Å². The van der Waals surface area contributed by atoms with Crippen LogP contribution in [-0.4, -0.2) is 20.9 Å². The maximum atomic E-state index is 11.5. The van der Waals surface area contributed by atoms with Gasteiger partial charge in [-0.05, 0) is 25.1 Å². The van der Waals surface area contributed by atoms with E-state index in [0.717, 1.165) is 15.7 Å². The molecule has 0 atom stereocenters. The van der Waals surface area contributed by atoms with Crippen molar-refractivity contribution < 1.29 is 9.52 Å². The lowest BCUT2D eigenvalue weighted by atomic mass is 10.1. The van der Waals surface area contributed by atoms with Crippen molar-refractivity contribution in [1.29, 1.82) is 0 Å². The van der Waals surface area contributed by atoms with Crippen molar-refractivity contribution >= 4 is 23.7 Å². The molecule has 1 aliphatic rings. The number of aromatic hydroxyl groups is 1. The number of rotatable bonds is 2. The minimum Gasteiger partial charge on any atom is -0.492 e. The zero-order valence-corrected chi connectivity index (χ0v) is 10.2. The first kappa shape index (κ1) is 11.5. The molecule has 0 saturated heterocycles. The van der Waals surface area contributed by atoms with Gasteiger partial charge in [0.05, 0.1) is 0 Å². The summed E-state index contributed by atoms with van der Waals surface area (Å²) in [5.74, 6) is -0.00514. The fourth-order valence-corrected chi connectivity index (χ4v) is 1.97. The molecule has 19 heavy (non-hydrogen) atoms. The van der Waals surface area contributed by atoms with Crippen molar-refractivity contribution in [2.45, 2.75) is 13.5 Å². The minimum atomic E-state index is -0.576. The molecule has 0 bridgehead atoms. The summed E-state index contributed by atoms with van der Waals surface area (Å²) in [6, 6.07) is 3.67. The van der Waals surface area contributed by atoms with E-state index >= 15 is 0 Å². The van der Waals surface area contributed by atoms with Gasteiger partial charge in [0, 0.05) is 30.1 Å². The van der Waals surface area contributed by atoms with Crippen LogP contribution in [0, 0.1) is 0 Å². The molecule has 0 spiro atoms. The van der Waals surface area contributed by atoms with Gasteiger partial charge in [-0.15, -0.1) is 0 Å². The molecule has 0 unspecified atom stereocenters. The van der Waals surface area contributed by atoms with Crippen LogP contribution in [0.15, 0.2) is 32.5 Å². The highest BCUT2D eigenvalue weighted by atomic mass is 16.4. The van der Waals surface area contributed by atoms with Crippen LogP contribution >= 0.6 is 0 Å². The number of nitrogens with zero attached hydrogens (tertiary/aromatic N) is 3. The van der Waals surface area contributed by atoms with Crippen LogP contribution in [0.4, 0.5) is 5.82 Å². The van der Waals surface area contributed by atoms with Gasteiger partial charge >= 0.3 is 5.76 Å². The first-order valence-electron chi connectivity index (χ1n) is 5.84. The summed E-state index contributed by atoms with van der Waals surface area (Å²) in [6.07, 6.45) is 4.87. The van der Waals surface area contributed by atoms with Crippen molar-refractivity contribution in [2.24, 2.45) is 4.99 Å². The Balaban J connectivity index is 2.10. The number of hydrogen-bond acceptors (Lipinski definition) is 5. The number of pyridine rings is 1. The third-order valence-electron chi connectivity index (χ3n) is 2.92. The molecule has 0 saturated carbocycles. The highest BCUT2D eigenvalue weighted by molar-refractivity contribution is 6.20. The number of aliphatic imine (C=N–C) groups is 1. The first-order valence-corrected chi connectivity index (χ1v) is 5.84. The van der Waals surface area contributed by atoms with E-state index < -0.39 is 5.76 Å². The number of allylic oxidation sites excluding steroid dienone is 1. The van der Waals surface area contributed by atoms with Crippen molar-refractivity contribution in [3.05, 3.63) is 40.2 Å². The molecular weight excluding hydrogens is 246 g/mol. The summed E-state index contributed by atoms with van der Waals surface area (Å²) in [6.45, 7) is 2.10. The molecular formula is C13H11N3O3. The van der Waals surface area contributed by atoms with Gasteiger partial charge in [0.15, 0.2) is 11.6 Å². The van der Waals surface area contributed by atoms with Gasteiger partial charge in [-0.2, -0.15) is 0 Å². The number of oxazole rings is 1. The van der Waals surface area contributed by atoms with Crippen LogP contribution < -0.4 is 5.76 Å². The van der Waals surface area contributed by atoms with E-state index in [1.165, 1.54) is 0 Å². The highest BCUT2D eigenvalue weighted by Gasteiger charge is 2.17. The van der Waals surface area contributed by atoms with Crippen molar-refractivity contribution in [1.82, 2.24) is 9.55 Å². The zero-order valence-electron chi connectivity index (χ0n) is 10.2. The van der Waals surface area contributed by atoms with Crippen LogP contribution in [-0.2, 0) is 6.54 Å². The molecule has 3 rings (SSSR count). The van der Waals surface area contributed by atoms with Gasteiger partial charge < -0.3 is 9.52 Å². The Morgan fingerprint density at radius 3 is 3.11 bits per heavy atom. The highest BCUT2D eigenvalue weighted by Crippen LogP contribution is 2.31. The van der Waals surface area contributed by atoms with E-state index in [2.05, 4.69) is 9.98 Å². The predicted molar refractivity (Wildman–Crippen MR) is 70.6 cm³/mol. The van der Waals surface area contributed by atoms with Gasteiger partial charge in [-0.25, -0.2) is 19.3 Å². The molecule has 2 aromatic heterocycles. The lowest BCUT2D eigenvalue weighted by Gasteiger charge is -1.97. The molecule has 1 N–H and O–H groups in total. The molecule has 6 nitrogen and oxygen atoms in total. The van der Waals surface area contributed by atoms with E-state index in [0.29, 0.717) is 12.4 Å². The van der Waals surface area contributed by atoms with Crippen LogP contribution in [0.25, 0.3) is 11.6 Å².